The number of para-hydroxylation sites is 1. The van der Waals surface area contributed by atoms with E-state index in [9.17, 15) is 9.59 Å². The number of benzene rings is 2. The van der Waals surface area contributed by atoms with Gasteiger partial charge in [-0.25, -0.2) is 4.79 Å². The summed E-state index contributed by atoms with van der Waals surface area (Å²) in [6, 6.07) is 17.3. The molecule has 2 aromatic rings. The second-order valence-corrected chi connectivity index (χ2v) is 7.92. The first-order chi connectivity index (χ1) is 13.3. The number of anilines is 1. The molecule has 5 heteroatoms. The highest BCUT2D eigenvalue weighted by molar-refractivity contribution is 6.09. The van der Waals surface area contributed by atoms with Gasteiger partial charge in [0.2, 0.25) is 0 Å². The van der Waals surface area contributed by atoms with Gasteiger partial charge in [-0.05, 0) is 32.4 Å². The average Bonchev–Trinajstić information content (AvgIpc) is 2.84. The molecule has 1 atom stereocenters. The molecule has 0 fully saturated rings. The van der Waals surface area contributed by atoms with Crippen LogP contribution in [-0.2, 0) is 21.6 Å². The maximum Gasteiger partial charge on any atom is 0.408 e. The van der Waals surface area contributed by atoms with Crippen molar-refractivity contribution in [3.63, 3.8) is 0 Å². The molecule has 0 saturated heterocycles. The Morgan fingerprint density at radius 2 is 1.79 bits per heavy atom. The van der Waals surface area contributed by atoms with Gasteiger partial charge in [0.15, 0.2) is 5.54 Å². The molecule has 0 bridgehead atoms. The first-order valence-corrected chi connectivity index (χ1v) is 9.34. The van der Waals surface area contributed by atoms with Crippen LogP contribution in [0.1, 0.15) is 38.3 Å². The predicted molar refractivity (Wildman–Crippen MR) is 110 cm³/mol. The molecule has 0 spiro atoms. The van der Waals surface area contributed by atoms with Crippen LogP contribution in [0.3, 0.4) is 0 Å². The fourth-order valence-corrected chi connectivity index (χ4v) is 3.51. The lowest BCUT2D eigenvalue weighted by Crippen LogP contribution is -2.53. The number of hydrogen-bond donors (Lipinski definition) is 1. The summed E-state index contributed by atoms with van der Waals surface area (Å²) in [6.45, 7) is 9.60. The normalized spacial score (nSPS) is 18.5. The van der Waals surface area contributed by atoms with Crippen LogP contribution in [0.2, 0.25) is 0 Å². The molecule has 1 N–H and O–H groups in total. The quantitative estimate of drug-likeness (QED) is 0.778. The van der Waals surface area contributed by atoms with Gasteiger partial charge in [-0.15, -0.1) is 6.58 Å². The van der Waals surface area contributed by atoms with Crippen molar-refractivity contribution in [2.45, 2.75) is 44.9 Å². The van der Waals surface area contributed by atoms with Crippen LogP contribution in [0.25, 0.3) is 0 Å². The van der Waals surface area contributed by atoms with E-state index in [1.165, 1.54) is 0 Å². The standard InChI is InChI=1S/C23H26N2O3/c1-5-15-23(24-21(27)28-22(2,3)4)18-13-9-10-14-19(18)25(20(23)26)16-17-11-7-6-8-12-17/h5-14H,1,15-16H2,2-4H3,(H,24,27). The highest BCUT2D eigenvalue weighted by Crippen LogP contribution is 2.43. The molecule has 0 radical (unpaired) electrons. The van der Waals surface area contributed by atoms with Crippen LogP contribution < -0.4 is 10.2 Å². The lowest BCUT2D eigenvalue weighted by atomic mass is 9.88. The third kappa shape index (κ3) is 3.79. The van der Waals surface area contributed by atoms with Crippen LogP contribution in [0.15, 0.2) is 67.3 Å². The number of carbonyl (C=O) groups excluding carboxylic acids is 2. The van der Waals surface area contributed by atoms with Crippen LogP contribution in [0, 0.1) is 0 Å². The Labute approximate surface area is 166 Å². The minimum absolute atomic E-state index is 0.191. The van der Waals surface area contributed by atoms with Gasteiger partial charge in [0.05, 0.1) is 12.2 Å². The SMILES string of the molecule is C=CCC1(NC(=O)OC(C)(C)C)C(=O)N(Cc2ccccc2)c2ccccc21. The molecule has 146 valence electrons. The summed E-state index contributed by atoms with van der Waals surface area (Å²) in [4.78, 5) is 27.9. The minimum atomic E-state index is -1.23. The van der Waals surface area contributed by atoms with Gasteiger partial charge >= 0.3 is 6.09 Å². The number of nitrogens with one attached hydrogen (secondary N) is 1. The topological polar surface area (TPSA) is 58.6 Å². The largest absolute Gasteiger partial charge is 0.444 e. The Balaban J connectivity index is 2.01. The van der Waals surface area contributed by atoms with Gasteiger partial charge in [-0.2, -0.15) is 0 Å². The van der Waals surface area contributed by atoms with Crippen LogP contribution in [0.4, 0.5) is 10.5 Å². The molecular formula is C23H26N2O3. The average molecular weight is 378 g/mol. The van der Waals surface area contributed by atoms with Crippen LogP contribution in [-0.4, -0.2) is 17.6 Å². The summed E-state index contributed by atoms with van der Waals surface area (Å²) in [7, 11) is 0. The summed E-state index contributed by atoms with van der Waals surface area (Å²) in [5.41, 5.74) is 0.660. The number of carbonyl (C=O) groups is 2. The van der Waals surface area contributed by atoms with E-state index in [4.69, 9.17) is 4.74 Å². The summed E-state index contributed by atoms with van der Waals surface area (Å²) in [5, 5.41) is 2.85. The molecule has 1 heterocycles. The zero-order chi connectivity index (χ0) is 20.4. The van der Waals surface area contributed by atoms with Gasteiger partial charge in [-0.1, -0.05) is 54.6 Å². The third-order valence-electron chi connectivity index (χ3n) is 4.61. The van der Waals surface area contributed by atoms with Gasteiger partial charge in [-0.3, -0.25) is 4.79 Å². The van der Waals surface area contributed by atoms with E-state index in [2.05, 4.69) is 11.9 Å². The Hall–Kier alpha value is -3.08. The fourth-order valence-electron chi connectivity index (χ4n) is 3.51. The molecule has 1 unspecified atom stereocenters. The first kappa shape index (κ1) is 19.7. The summed E-state index contributed by atoms with van der Waals surface area (Å²) >= 11 is 0. The van der Waals surface area contributed by atoms with E-state index in [1.54, 1.807) is 31.7 Å². The van der Waals surface area contributed by atoms with E-state index < -0.39 is 17.2 Å². The number of amides is 2. The van der Waals surface area contributed by atoms with Crippen molar-refractivity contribution in [3.8, 4) is 0 Å². The van der Waals surface area contributed by atoms with E-state index >= 15 is 0 Å². The van der Waals surface area contributed by atoms with Crippen molar-refractivity contribution in [2.24, 2.45) is 0 Å². The summed E-state index contributed by atoms with van der Waals surface area (Å²) < 4.78 is 5.43. The van der Waals surface area contributed by atoms with Gasteiger partial charge in [0.25, 0.3) is 5.91 Å². The zero-order valence-corrected chi connectivity index (χ0v) is 16.6. The number of nitrogens with zero attached hydrogens (tertiary/aromatic N) is 1. The molecule has 3 rings (SSSR count). The molecule has 2 aromatic carbocycles. The molecule has 5 nitrogen and oxygen atoms in total. The predicted octanol–water partition coefficient (Wildman–Crippen LogP) is 4.53. The highest BCUT2D eigenvalue weighted by Gasteiger charge is 2.51. The van der Waals surface area contributed by atoms with E-state index in [1.807, 2.05) is 54.6 Å². The third-order valence-corrected chi connectivity index (χ3v) is 4.61. The maximum absolute atomic E-state index is 13.6. The van der Waals surface area contributed by atoms with Crippen LogP contribution in [0.5, 0.6) is 0 Å². The van der Waals surface area contributed by atoms with Crippen molar-refractivity contribution in [2.75, 3.05) is 4.90 Å². The highest BCUT2D eigenvalue weighted by atomic mass is 16.6. The molecule has 0 aliphatic carbocycles. The van der Waals surface area contributed by atoms with Crippen LogP contribution >= 0.6 is 0 Å². The number of hydrogen-bond acceptors (Lipinski definition) is 3. The lowest BCUT2D eigenvalue weighted by molar-refractivity contribution is -0.124. The van der Waals surface area contributed by atoms with Gasteiger partial charge in [0, 0.05) is 12.0 Å². The monoisotopic (exact) mass is 378 g/mol. The zero-order valence-electron chi connectivity index (χ0n) is 16.6. The Bertz CT molecular complexity index is 886. The summed E-state index contributed by atoms with van der Waals surface area (Å²) in [6.07, 6.45) is 1.30. The van der Waals surface area contributed by atoms with Gasteiger partial charge in [0.1, 0.15) is 5.60 Å². The van der Waals surface area contributed by atoms with Gasteiger partial charge < -0.3 is 15.0 Å². The number of rotatable bonds is 5. The number of ether oxygens (including phenoxy) is 1. The van der Waals surface area contributed by atoms with E-state index in [-0.39, 0.29) is 12.3 Å². The maximum atomic E-state index is 13.6. The van der Waals surface area contributed by atoms with Crippen molar-refractivity contribution in [3.05, 3.63) is 78.4 Å². The molecule has 0 aromatic heterocycles. The second-order valence-electron chi connectivity index (χ2n) is 7.92. The van der Waals surface area contributed by atoms with Crippen molar-refractivity contribution in [1.82, 2.24) is 5.32 Å². The molecule has 2 amide bonds. The van der Waals surface area contributed by atoms with Crippen molar-refractivity contribution >= 4 is 17.7 Å². The fraction of sp³-hybridized carbons (Fsp3) is 0.304. The number of fused-ring (bicyclic) bond motifs is 1. The van der Waals surface area contributed by atoms with Crippen molar-refractivity contribution in [1.29, 1.82) is 0 Å². The Morgan fingerprint density at radius 3 is 2.43 bits per heavy atom. The molecule has 0 saturated carbocycles. The molecule has 28 heavy (non-hydrogen) atoms. The molecule has 1 aliphatic heterocycles. The molecule has 1 aliphatic rings. The molecular weight excluding hydrogens is 352 g/mol. The Morgan fingerprint density at radius 1 is 1.14 bits per heavy atom. The first-order valence-electron chi connectivity index (χ1n) is 9.34. The lowest BCUT2D eigenvalue weighted by Gasteiger charge is -2.30. The minimum Gasteiger partial charge on any atom is -0.444 e. The van der Waals surface area contributed by atoms with E-state index in [0.29, 0.717) is 6.54 Å². The number of alkyl carbamates (subject to hydrolysis) is 1. The smallest absolute Gasteiger partial charge is 0.408 e. The van der Waals surface area contributed by atoms with E-state index in [0.717, 1.165) is 16.8 Å². The van der Waals surface area contributed by atoms with Crippen molar-refractivity contribution < 1.29 is 14.3 Å². The summed E-state index contributed by atoms with van der Waals surface area (Å²) in [5.74, 6) is -0.191. The Kier molecular flexibility index (Phi) is 5.27. The second kappa shape index (κ2) is 7.50.